The van der Waals surface area contributed by atoms with E-state index in [0.717, 1.165) is 50.5 Å². The molecule has 0 bridgehead atoms. The van der Waals surface area contributed by atoms with E-state index in [1.54, 1.807) is 0 Å². The summed E-state index contributed by atoms with van der Waals surface area (Å²) in [7, 11) is 0. The van der Waals surface area contributed by atoms with Gasteiger partial charge < -0.3 is 20.7 Å². The van der Waals surface area contributed by atoms with Crippen LogP contribution in [0.2, 0.25) is 0 Å². The maximum atomic E-state index is 12.7. The van der Waals surface area contributed by atoms with Crippen molar-refractivity contribution in [1.82, 2.24) is 16.0 Å². The van der Waals surface area contributed by atoms with E-state index in [-0.39, 0.29) is 11.8 Å². The Morgan fingerprint density at radius 3 is 2.32 bits per heavy atom. The maximum Gasteiger partial charge on any atom is 0.407 e. The number of amides is 3. The molecule has 0 aromatic rings. The Morgan fingerprint density at radius 2 is 1.59 bits per heavy atom. The highest BCUT2D eigenvalue weighted by atomic mass is 32.2. The van der Waals surface area contributed by atoms with Gasteiger partial charge in [-0.15, -0.1) is 11.8 Å². The molecule has 1 unspecified atom stereocenters. The predicted molar refractivity (Wildman–Crippen MR) is 139 cm³/mol. The van der Waals surface area contributed by atoms with Gasteiger partial charge in [-0.25, -0.2) is 4.79 Å². The van der Waals surface area contributed by atoms with Crippen molar-refractivity contribution < 1.29 is 19.1 Å². The molecule has 2 aliphatic rings. The summed E-state index contributed by atoms with van der Waals surface area (Å²) in [5, 5.41) is 9.10. The predicted octanol–water partition coefficient (Wildman–Crippen LogP) is 4.97. The van der Waals surface area contributed by atoms with E-state index < -0.39 is 11.7 Å². The van der Waals surface area contributed by atoms with Gasteiger partial charge in [-0.1, -0.05) is 12.5 Å². The lowest BCUT2D eigenvalue weighted by Gasteiger charge is -2.27. The minimum Gasteiger partial charge on any atom is -0.444 e. The van der Waals surface area contributed by atoms with Crippen LogP contribution in [0.4, 0.5) is 4.79 Å². The number of hydrogen-bond donors (Lipinski definition) is 3. The second-order valence-electron chi connectivity index (χ2n) is 10.1. The summed E-state index contributed by atoms with van der Waals surface area (Å²) in [5.41, 5.74) is 1.66. The minimum atomic E-state index is -0.491. The van der Waals surface area contributed by atoms with Gasteiger partial charge in [-0.2, -0.15) is 0 Å². The summed E-state index contributed by atoms with van der Waals surface area (Å²) in [4.78, 5) is 37.6. The molecule has 1 aliphatic carbocycles. The number of hydrogen-bond acceptors (Lipinski definition) is 5. The maximum absolute atomic E-state index is 12.7. The zero-order valence-electron chi connectivity index (χ0n) is 21.4. The van der Waals surface area contributed by atoms with Crippen molar-refractivity contribution >= 4 is 29.7 Å². The molecule has 3 N–H and O–H groups in total. The quantitative estimate of drug-likeness (QED) is 0.333. The number of carbonyl (C=O) groups excluding carboxylic acids is 3. The molecule has 0 saturated heterocycles. The number of carbonyl (C=O) groups is 3. The fraction of sp³-hybridized carbons (Fsp3) is 0.731. The summed E-state index contributed by atoms with van der Waals surface area (Å²) in [6.07, 6.45) is 10.9. The van der Waals surface area contributed by atoms with Crippen LogP contribution in [0.15, 0.2) is 22.1 Å². The highest BCUT2D eigenvalue weighted by Gasteiger charge is 2.26. The van der Waals surface area contributed by atoms with Crippen molar-refractivity contribution in [1.29, 1.82) is 0 Å². The van der Waals surface area contributed by atoms with Crippen LogP contribution in [0.25, 0.3) is 0 Å². The molecule has 7 nitrogen and oxygen atoms in total. The molecule has 0 spiro atoms. The van der Waals surface area contributed by atoms with E-state index >= 15 is 0 Å². The molecule has 34 heavy (non-hydrogen) atoms. The van der Waals surface area contributed by atoms with Crippen LogP contribution in [0.1, 0.15) is 91.9 Å². The number of unbranched alkanes of at least 4 members (excludes halogenated alkanes) is 3. The van der Waals surface area contributed by atoms with Crippen LogP contribution in [0, 0.1) is 0 Å². The molecule has 0 radical (unpaired) electrons. The molecule has 0 aromatic heterocycles. The molecule has 1 atom stereocenters. The van der Waals surface area contributed by atoms with Gasteiger partial charge in [0.25, 0.3) is 5.91 Å². The Labute approximate surface area is 209 Å². The van der Waals surface area contributed by atoms with E-state index in [1.165, 1.54) is 23.3 Å². The Kier molecular flexibility index (Phi) is 12.0. The van der Waals surface area contributed by atoms with Gasteiger partial charge in [-0.05, 0) is 89.5 Å². The van der Waals surface area contributed by atoms with Crippen molar-refractivity contribution in [3.8, 4) is 0 Å². The average Bonchev–Trinajstić information content (AvgIpc) is 2.76. The number of ether oxygens (including phenoxy) is 1. The Morgan fingerprint density at radius 1 is 0.941 bits per heavy atom. The third-order valence-corrected chi connectivity index (χ3v) is 6.92. The summed E-state index contributed by atoms with van der Waals surface area (Å²) in [6, 6.07) is 0. The number of thioether (sulfide) groups is 1. The molecule has 1 heterocycles. The van der Waals surface area contributed by atoms with Crippen molar-refractivity contribution in [3.63, 3.8) is 0 Å². The first-order valence-corrected chi connectivity index (χ1v) is 13.7. The zero-order chi connectivity index (χ0) is 25.0. The number of allylic oxidation sites excluding steroid dienone is 1. The van der Waals surface area contributed by atoms with E-state index in [0.29, 0.717) is 31.3 Å². The lowest BCUT2D eigenvalue weighted by atomic mass is 9.91. The molecule has 192 valence electrons. The number of nitrogens with one attached hydrogen (secondary N) is 3. The second-order valence-corrected chi connectivity index (χ2v) is 11.5. The lowest BCUT2D eigenvalue weighted by molar-refractivity contribution is -0.121. The fourth-order valence-corrected chi connectivity index (χ4v) is 5.32. The molecular formula is C26H43N3O4S. The monoisotopic (exact) mass is 493 g/mol. The Hall–Kier alpha value is -1.96. The third kappa shape index (κ3) is 11.0. The van der Waals surface area contributed by atoms with Crippen molar-refractivity contribution in [2.45, 2.75) is 103 Å². The summed E-state index contributed by atoms with van der Waals surface area (Å²) in [5.74, 6) is 0.103. The van der Waals surface area contributed by atoms with Crippen LogP contribution >= 0.6 is 11.8 Å². The van der Waals surface area contributed by atoms with Gasteiger partial charge in [0.15, 0.2) is 0 Å². The van der Waals surface area contributed by atoms with Crippen LogP contribution < -0.4 is 16.0 Å². The standard InChI is InChI=1S/C26H43N3O4S/c1-19-18-21(20-12-7-8-13-22(20)34-19)24(31)28-16-11-10-15-27-23(30)14-6-5-9-17-29-25(32)33-26(2,3)4/h18-19H,5-17H2,1-4H3,(H,27,30)(H,28,31)(H,29,32). The third-order valence-electron chi connectivity index (χ3n) is 5.68. The summed E-state index contributed by atoms with van der Waals surface area (Å²) < 4.78 is 5.18. The first-order chi connectivity index (χ1) is 16.2. The topological polar surface area (TPSA) is 96.5 Å². The molecule has 2 rings (SSSR count). The van der Waals surface area contributed by atoms with Gasteiger partial charge >= 0.3 is 6.09 Å². The number of rotatable bonds is 12. The van der Waals surface area contributed by atoms with E-state index in [1.807, 2.05) is 32.5 Å². The molecule has 8 heteroatoms. The smallest absolute Gasteiger partial charge is 0.407 e. The van der Waals surface area contributed by atoms with Crippen LogP contribution in [-0.4, -0.2) is 48.4 Å². The van der Waals surface area contributed by atoms with Gasteiger partial charge in [-0.3, -0.25) is 9.59 Å². The molecule has 0 aromatic carbocycles. The van der Waals surface area contributed by atoms with Gasteiger partial charge in [0.1, 0.15) is 5.60 Å². The highest BCUT2D eigenvalue weighted by molar-refractivity contribution is 8.03. The van der Waals surface area contributed by atoms with E-state index in [4.69, 9.17) is 4.74 Å². The largest absolute Gasteiger partial charge is 0.444 e. The first-order valence-electron chi connectivity index (χ1n) is 12.8. The SMILES string of the molecule is CC1C=C(C(=O)NCCCCNC(=O)CCCCCNC(=O)OC(C)(C)C)C2=C(CCCC2)S1. The summed E-state index contributed by atoms with van der Waals surface area (Å²) >= 11 is 1.90. The lowest BCUT2D eigenvalue weighted by Crippen LogP contribution is -2.33. The molecule has 0 fully saturated rings. The fourth-order valence-electron chi connectivity index (χ4n) is 4.05. The van der Waals surface area contributed by atoms with Gasteiger partial charge in [0.05, 0.1) is 0 Å². The molecular weight excluding hydrogens is 450 g/mol. The van der Waals surface area contributed by atoms with Gasteiger partial charge in [0.2, 0.25) is 5.91 Å². The van der Waals surface area contributed by atoms with Crippen LogP contribution in [0.3, 0.4) is 0 Å². The van der Waals surface area contributed by atoms with Crippen LogP contribution in [-0.2, 0) is 14.3 Å². The molecule has 1 aliphatic heterocycles. The zero-order valence-corrected chi connectivity index (χ0v) is 22.2. The average molecular weight is 494 g/mol. The van der Waals surface area contributed by atoms with Crippen molar-refractivity contribution in [2.24, 2.45) is 0 Å². The van der Waals surface area contributed by atoms with Crippen LogP contribution in [0.5, 0.6) is 0 Å². The molecule has 3 amide bonds. The van der Waals surface area contributed by atoms with E-state index in [9.17, 15) is 14.4 Å². The van der Waals surface area contributed by atoms with Crippen molar-refractivity contribution in [2.75, 3.05) is 19.6 Å². The highest BCUT2D eigenvalue weighted by Crippen LogP contribution is 2.42. The summed E-state index contributed by atoms with van der Waals surface area (Å²) in [6.45, 7) is 9.45. The minimum absolute atomic E-state index is 0.0479. The van der Waals surface area contributed by atoms with Crippen molar-refractivity contribution in [3.05, 3.63) is 22.1 Å². The van der Waals surface area contributed by atoms with Gasteiger partial charge in [0, 0.05) is 36.9 Å². The first kappa shape index (κ1) is 28.3. The normalized spacial score (nSPS) is 18.0. The van der Waals surface area contributed by atoms with E-state index in [2.05, 4.69) is 29.0 Å². The number of alkyl carbamates (subject to hydrolysis) is 1. The second kappa shape index (κ2) is 14.4. The Bertz CT molecular complexity index is 770. The molecule has 0 saturated carbocycles. The Balaban J connectivity index is 1.48.